The van der Waals surface area contributed by atoms with E-state index in [9.17, 15) is 18.0 Å². The molecule has 3 aromatic carbocycles. The quantitative estimate of drug-likeness (QED) is 0.255. The largest absolute Gasteiger partial charge is 0.354 e. The van der Waals surface area contributed by atoms with Crippen molar-refractivity contribution in [2.45, 2.75) is 58.5 Å². The van der Waals surface area contributed by atoms with Crippen LogP contribution in [-0.2, 0) is 26.2 Å². The van der Waals surface area contributed by atoms with Gasteiger partial charge in [-0.1, -0.05) is 68.2 Å². The molecule has 0 bridgehead atoms. The number of aryl methyl sites for hydroxylation is 2. The van der Waals surface area contributed by atoms with Crippen LogP contribution >= 0.6 is 23.2 Å². The molecule has 3 aromatic rings. The lowest BCUT2D eigenvalue weighted by Crippen LogP contribution is -2.52. The normalized spacial score (nSPS) is 12.2. The van der Waals surface area contributed by atoms with Gasteiger partial charge in [0.25, 0.3) is 10.0 Å². The van der Waals surface area contributed by atoms with E-state index < -0.39 is 28.5 Å². The van der Waals surface area contributed by atoms with Crippen LogP contribution in [0.1, 0.15) is 43.9 Å². The van der Waals surface area contributed by atoms with Crippen molar-refractivity contribution < 1.29 is 18.0 Å². The van der Waals surface area contributed by atoms with E-state index in [0.717, 1.165) is 15.4 Å². The number of carbonyl (C=O) groups is 2. The number of rotatable bonds is 12. The molecule has 0 aliphatic rings. The lowest BCUT2D eigenvalue weighted by Gasteiger charge is -2.33. The molecule has 1 atom stereocenters. The molecule has 0 aliphatic carbocycles. The number of amides is 2. The lowest BCUT2D eigenvalue weighted by atomic mass is 10.1. The first-order valence-corrected chi connectivity index (χ1v) is 15.7. The first-order valence-electron chi connectivity index (χ1n) is 13.5. The van der Waals surface area contributed by atoms with E-state index in [1.54, 1.807) is 36.4 Å². The number of sulfonamides is 1. The minimum atomic E-state index is -4.18. The Hall–Kier alpha value is -3.07. The third-order valence-electron chi connectivity index (χ3n) is 6.83. The summed E-state index contributed by atoms with van der Waals surface area (Å²) < 4.78 is 29.0. The van der Waals surface area contributed by atoms with Crippen LogP contribution < -0.4 is 9.62 Å². The number of nitrogens with one attached hydrogen (secondary N) is 1. The topological polar surface area (TPSA) is 86.8 Å². The first-order chi connectivity index (χ1) is 19.3. The van der Waals surface area contributed by atoms with Gasteiger partial charge in [0.15, 0.2) is 0 Å². The third-order valence-corrected chi connectivity index (χ3v) is 9.24. The summed E-state index contributed by atoms with van der Waals surface area (Å²) in [6.07, 6.45) is 0.327. The van der Waals surface area contributed by atoms with E-state index in [2.05, 4.69) is 5.32 Å². The molecule has 0 saturated heterocycles. The Morgan fingerprint density at radius 1 is 0.927 bits per heavy atom. The fraction of sp³-hybridized carbons (Fsp3) is 0.355. The molecular weight excluding hydrogens is 581 g/mol. The second-order valence-electron chi connectivity index (χ2n) is 10.4. The van der Waals surface area contributed by atoms with Crippen molar-refractivity contribution in [2.24, 2.45) is 5.92 Å². The highest BCUT2D eigenvalue weighted by Crippen LogP contribution is 2.28. The number of nitrogens with zero attached hydrogens (tertiary/aromatic N) is 2. The highest BCUT2D eigenvalue weighted by atomic mass is 35.5. The van der Waals surface area contributed by atoms with Crippen molar-refractivity contribution in [1.29, 1.82) is 0 Å². The van der Waals surface area contributed by atoms with Crippen LogP contribution in [0.25, 0.3) is 0 Å². The van der Waals surface area contributed by atoms with Crippen LogP contribution in [-0.4, -0.2) is 44.3 Å². The van der Waals surface area contributed by atoms with E-state index >= 15 is 0 Å². The van der Waals surface area contributed by atoms with E-state index in [-0.39, 0.29) is 23.3 Å². The smallest absolute Gasteiger partial charge is 0.264 e. The number of hydrogen-bond acceptors (Lipinski definition) is 4. The molecule has 7 nitrogen and oxygen atoms in total. The third kappa shape index (κ3) is 8.24. The monoisotopic (exact) mass is 617 g/mol. The van der Waals surface area contributed by atoms with Gasteiger partial charge in [-0.2, -0.15) is 0 Å². The maximum absolute atomic E-state index is 14.1. The van der Waals surface area contributed by atoms with Crippen molar-refractivity contribution in [3.63, 3.8) is 0 Å². The summed E-state index contributed by atoms with van der Waals surface area (Å²) >= 11 is 12.5. The Balaban J connectivity index is 2.08. The molecule has 0 spiro atoms. The summed E-state index contributed by atoms with van der Waals surface area (Å²) in [7, 11) is -4.18. The van der Waals surface area contributed by atoms with Crippen molar-refractivity contribution in [1.82, 2.24) is 10.2 Å². The molecule has 0 fully saturated rings. The summed E-state index contributed by atoms with van der Waals surface area (Å²) in [4.78, 5) is 28.9. The first kappa shape index (κ1) is 32.4. The van der Waals surface area contributed by atoms with Gasteiger partial charge in [-0.25, -0.2) is 8.42 Å². The van der Waals surface area contributed by atoms with E-state index in [1.807, 2.05) is 40.7 Å². The second kappa shape index (κ2) is 14.2. The number of anilines is 1. The van der Waals surface area contributed by atoms with Crippen LogP contribution in [0.4, 0.5) is 5.69 Å². The van der Waals surface area contributed by atoms with E-state index in [0.29, 0.717) is 34.3 Å². The molecule has 1 unspecified atom stereocenters. The molecule has 0 heterocycles. The van der Waals surface area contributed by atoms with E-state index in [1.165, 1.54) is 29.2 Å². The molecule has 220 valence electrons. The van der Waals surface area contributed by atoms with Crippen LogP contribution in [0.15, 0.2) is 71.6 Å². The molecule has 2 amide bonds. The predicted molar refractivity (Wildman–Crippen MR) is 166 cm³/mol. The van der Waals surface area contributed by atoms with Gasteiger partial charge in [-0.3, -0.25) is 13.9 Å². The van der Waals surface area contributed by atoms with Gasteiger partial charge in [0.05, 0.1) is 10.6 Å². The van der Waals surface area contributed by atoms with Crippen molar-refractivity contribution in [3.05, 3.63) is 93.5 Å². The number of carbonyl (C=O) groups excluding carboxylic acids is 2. The van der Waals surface area contributed by atoms with Crippen LogP contribution in [0, 0.1) is 19.8 Å². The molecule has 0 radical (unpaired) electrons. The van der Waals surface area contributed by atoms with Gasteiger partial charge in [0.2, 0.25) is 11.8 Å². The summed E-state index contributed by atoms with van der Waals surface area (Å²) in [5.74, 6) is -0.624. The van der Waals surface area contributed by atoms with Gasteiger partial charge in [-0.15, -0.1) is 0 Å². The van der Waals surface area contributed by atoms with Gasteiger partial charge in [0.1, 0.15) is 12.6 Å². The highest BCUT2D eigenvalue weighted by molar-refractivity contribution is 7.92. The molecular formula is C31H37Cl2N3O4S. The predicted octanol–water partition coefficient (Wildman–Crippen LogP) is 6.39. The Morgan fingerprint density at radius 3 is 2.17 bits per heavy atom. The van der Waals surface area contributed by atoms with Gasteiger partial charge < -0.3 is 10.2 Å². The summed E-state index contributed by atoms with van der Waals surface area (Å²) in [5, 5.41) is 3.76. The van der Waals surface area contributed by atoms with Crippen LogP contribution in [0.3, 0.4) is 0 Å². The molecule has 1 N–H and O–H groups in total. The Bertz CT molecular complexity index is 1480. The molecule has 10 heteroatoms. The molecule has 41 heavy (non-hydrogen) atoms. The Kier molecular flexibility index (Phi) is 11.2. The van der Waals surface area contributed by atoms with Gasteiger partial charge in [-0.05, 0) is 85.3 Å². The van der Waals surface area contributed by atoms with E-state index in [4.69, 9.17) is 23.2 Å². The van der Waals surface area contributed by atoms with Gasteiger partial charge in [0, 0.05) is 23.1 Å². The Labute approximate surface area is 253 Å². The zero-order valence-corrected chi connectivity index (χ0v) is 26.4. The second-order valence-corrected chi connectivity index (χ2v) is 13.1. The highest BCUT2D eigenvalue weighted by Gasteiger charge is 2.34. The zero-order chi connectivity index (χ0) is 30.3. The average molecular weight is 619 g/mol. The molecule has 0 aromatic heterocycles. The number of hydrogen-bond donors (Lipinski definition) is 1. The van der Waals surface area contributed by atoms with Crippen molar-refractivity contribution in [2.75, 3.05) is 17.4 Å². The summed E-state index contributed by atoms with van der Waals surface area (Å²) in [6.45, 7) is 9.55. The van der Waals surface area contributed by atoms with Crippen LogP contribution in [0.2, 0.25) is 10.0 Å². The lowest BCUT2D eigenvalue weighted by molar-refractivity contribution is -0.140. The number of halogens is 2. The maximum atomic E-state index is 14.1. The van der Waals surface area contributed by atoms with Gasteiger partial charge >= 0.3 is 0 Å². The van der Waals surface area contributed by atoms with Crippen molar-refractivity contribution in [3.8, 4) is 0 Å². The fourth-order valence-electron chi connectivity index (χ4n) is 4.30. The average Bonchev–Trinajstić information content (AvgIpc) is 2.93. The summed E-state index contributed by atoms with van der Waals surface area (Å²) in [6, 6.07) is 17.3. The maximum Gasteiger partial charge on any atom is 0.264 e. The molecule has 3 rings (SSSR count). The zero-order valence-electron chi connectivity index (χ0n) is 24.0. The fourth-order valence-corrected chi connectivity index (χ4v) is 6.02. The standard InChI is InChI=1S/C31H37Cl2N3O4S/c1-6-29(31(38)34-18-21(2)3)35(19-24-9-7-8-10-28(24)33)30(37)20-36(26-14-11-22(4)23(5)17-26)41(39,40)27-15-12-25(32)13-16-27/h7-17,21,29H,6,18-20H2,1-5H3,(H,34,38). The van der Waals surface area contributed by atoms with Crippen molar-refractivity contribution >= 4 is 50.7 Å². The number of benzene rings is 3. The summed E-state index contributed by atoms with van der Waals surface area (Å²) in [5.41, 5.74) is 2.85. The minimum absolute atomic E-state index is 0.00713. The van der Waals surface area contributed by atoms with Crippen LogP contribution in [0.5, 0.6) is 0 Å². The minimum Gasteiger partial charge on any atom is -0.354 e. The molecule has 0 saturated carbocycles. The molecule has 0 aliphatic heterocycles. The SMILES string of the molecule is CCC(C(=O)NCC(C)C)N(Cc1ccccc1Cl)C(=O)CN(c1ccc(C)c(C)c1)S(=O)(=O)c1ccc(Cl)cc1. The Morgan fingerprint density at radius 2 is 1.59 bits per heavy atom.